The lowest BCUT2D eigenvalue weighted by atomic mass is 10.3. The Hall–Kier alpha value is -0.720. The van der Waals surface area contributed by atoms with E-state index < -0.39 is 0 Å². The average molecular weight is 364 g/mol. The fourth-order valence-corrected chi connectivity index (χ4v) is 2.50. The molecule has 1 aliphatic rings. The van der Waals surface area contributed by atoms with Gasteiger partial charge in [0, 0.05) is 15.5 Å². The van der Waals surface area contributed by atoms with Crippen LogP contribution in [0, 0.1) is 0 Å². The summed E-state index contributed by atoms with van der Waals surface area (Å²) >= 11 is 6.73. The maximum absolute atomic E-state index is 5.79. The van der Waals surface area contributed by atoms with E-state index in [0.717, 1.165) is 21.2 Å². The molecule has 4 nitrogen and oxygen atoms in total. The second kappa shape index (κ2) is 5.75. The zero-order valence-electron chi connectivity index (χ0n) is 9.00. The van der Waals surface area contributed by atoms with E-state index in [-0.39, 0.29) is 0 Å². The first-order valence-corrected chi connectivity index (χ1v) is 6.69. The minimum absolute atomic E-state index is 0.653. The van der Waals surface area contributed by atoms with Crippen molar-refractivity contribution in [3.8, 4) is 5.75 Å². The molecule has 92 valence electrons. The van der Waals surface area contributed by atoms with Gasteiger partial charge in [-0.05, 0) is 44.0 Å². The molecule has 2 rings (SSSR count). The minimum Gasteiger partial charge on any atom is -0.492 e. The van der Waals surface area contributed by atoms with Gasteiger partial charge < -0.3 is 20.5 Å². The SMILES string of the molecule is Nc1c(Br)cc(O/C=C2/CNCCO2)cc1Br. The lowest BCUT2D eigenvalue weighted by molar-refractivity contribution is 0.168. The summed E-state index contributed by atoms with van der Waals surface area (Å²) in [6, 6.07) is 3.63. The molecule has 0 saturated carbocycles. The van der Waals surface area contributed by atoms with Crippen molar-refractivity contribution in [2.24, 2.45) is 0 Å². The number of morpholine rings is 1. The van der Waals surface area contributed by atoms with Crippen molar-refractivity contribution in [2.45, 2.75) is 0 Å². The van der Waals surface area contributed by atoms with E-state index >= 15 is 0 Å². The molecule has 6 heteroatoms. The van der Waals surface area contributed by atoms with Gasteiger partial charge in [-0.3, -0.25) is 0 Å². The third kappa shape index (κ3) is 3.37. The van der Waals surface area contributed by atoms with E-state index in [9.17, 15) is 0 Å². The number of halogens is 2. The molecule has 0 radical (unpaired) electrons. The molecule has 1 aromatic carbocycles. The van der Waals surface area contributed by atoms with Crippen molar-refractivity contribution in [3.05, 3.63) is 33.1 Å². The predicted molar refractivity (Wildman–Crippen MR) is 73.8 cm³/mol. The van der Waals surface area contributed by atoms with Crippen LogP contribution in [-0.4, -0.2) is 19.7 Å². The zero-order valence-corrected chi connectivity index (χ0v) is 12.2. The van der Waals surface area contributed by atoms with Crippen molar-refractivity contribution in [1.29, 1.82) is 0 Å². The highest BCUT2D eigenvalue weighted by atomic mass is 79.9. The molecule has 0 aromatic heterocycles. The van der Waals surface area contributed by atoms with Crippen molar-refractivity contribution >= 4 is 37.5 Å². The van der Waals surface area contributed by atoms with Gasteiger partial charge in [-0.25, -0.2) is 0 Å². The van der Waals surface area contributed by atoms with Crippen molar-refractivity contribution in [3.63, 3.8) is 0 Å². The Morgan fingerprint density at radius 3 is 2.65 bits per heavy atom. The predicted octanol–water partition coefficient (Wildman–Crippen LogP) is 2.63. The van der Waals surface area contributed by atoms with Crippen LogP contribution in [0.3, 0.4) is 0 Å². The van der Waals surface area contributed by atoms with Crippen LogP contribution in [-0.2, 0) is 4.74 Å². The van der Waals surface area contributed by atoms with E-state index in [1.807, 2.05) is 12.1 Å². The number of hydrogen-bond donors (Lipinski definition) is 2. The van der Waals surface area contributed by atoms with Crippen LogP contribution in [0.15, 0.2) is 33.1 Å². The van der Waals surface area contributed by atoms with E-state index in [2.05, 4.69) is 37.2 Å². The molecule has 0 aliphatic carbocycles. The monoisotopic (exact) mass is 362 g/mol. The van der Waals surface area contributed by atoms with Crippen LogP contribution >= 0.6 is 31.9 Å². The Labute approximate surface area is 116 Å². The van der Waals surface area contributed by atoms with Gasteiger partial charge in [0.15, 0.2) is 0 Å². The van der Waals surface area contributed by atoms with Crippen LogP contribution in [0.5, 0.6) is 5.75 Å². The molecule has 1 saturated heterocycles. The number of nitrogen functional groups attached to an aromatic ring is 1. The molecule has 0 atom stereocenters. The highest BCUT2D eigenvalue weighted by Gasteiger charge is 2.07. The number of nitrogens with one attached hydrogen (secondary N) is 1. The molecule has 0 unspecified atom stereocenters. The summed E-state index contributed by atoms with van der Waals surface area (Å²) in [5.41, 5.74) is 6.44. The quantitative estimate of drug-likeness (QED) is 0.626. The lowest BCUT2D eigenvalue weighted by Gasteiger charge is -2.17. The van der Waals surface area contributed by atoms with E-state index in [1.165, 1.54) is 0 Å². The number of hydrogen-bond acceptors (Lipinski definition) is 4. The smallest absolute Gasteiger partial charge is 0.145 e. The normalized spacial score (nSPS) is 17.9. The summed E-state index contributed by atoms with van der Waals surface area (Å²) in [6.45, 7) is 2.23. The molecular formula is C11H12Br2N2O2. The van der Waals surface area contributed by atoms with Crippen LogP contribution in [0.1, 0.15) is 0 Å². The Kier molecular flexibility index (Phi) is 4.31. The fraction of sp³-hybridized carbons (Fsp3) is 0.273. The molecular weight excluding hydrogens is 352 g/mol. The molecule has 1 heterocycles. The number of anilines is 1. The number of benzene rings is 1. The van der Waals surface area contributed by atoms with Gasteiger partial charge in [-0.2, -0.15) is 0 Å². The summed E-state index contributed by atoms with van der Waals surface area (Å²) in [7, 11) is 0. The third-order valence-electron chi connectivity index (χ3n) is 2.24. The van der Waals surface area contributed by atoms with Crippen LogP contribution in [0.2, 0.25) is 0 Å². The summed E-state index contributed by atoms with van der Waals surface area (Å²) in [5, 5.41) is 3.19. The molecule has 0 spiro atoms. The molecule has 17 heavy (non-hydrogen) atoms. The summed E-state index contributed by atoms with van der Waals surface area (Å²) < 4.78 is 12.5. The van der Waals surface area contributed by atoms with Crippen molar-refractivity contribution in [1.82, 2.24) is 5.32 Å². The van der Waals surface area contributed by atoms with Gasteiger partial charge in [0.1, 0.15) is 24.4 Å². The third-order valence-corrected chi connectivity index (χ3v) is 3.56. The van der Waals surface area contributed by atoms with Crippen LogP contribution in [0.25, 0.3) is 0 Å². The Bertz CT molecular complexity index is 418. The van der Waals surface area contributed by atoms with Gasteiger partial charge in [0.05, 0.1) is 12.2 Å². The van der Waals surface area contributed by atoms with Crippen LogP contribution in [0.4, 0.5) is 5.69 Å². The average Bonchev–Trinajstić information content (AvgIpc) is 2.34. The van der Waals surface area contributed by atoms with Gasteiger partial charge in [0.2, 0.25) is 0 Å². The molecule has 1 fully saturated rings. The molecule has 0 amide bonds. The Morgan fingerprint density at radius 1 is 1.35 bits per heavy atom. The van der Waals surface area contributed by atoms with Gasteiger partial charge in [0.25, 0.3) is 0 Å². The maximum atomic E-state index is 5.79. The largest absolute Gasteiger partial charge is 0.492 e. The highest BCUT2D eigenvalue weighted by molar-refractivity contribution is 9.11. The first-order chi connectivity index (χ1) is 8.16. The van der Waals surface area contributed by atoms with E-state index in [0.29, 0.717) is 24.6 Å². The molecule has 0 bridgehead atoms. The topological polar surface area (TPSA) is 56.5 Å². The second-order valence-corrected chi connectivity index (χ2v) is 5.24. The number of nitrogens with two attached hydrogens (primary N) is 1. The summed E-state index contributed by atoms with van der Waals surface area (Å²) in [6.07, 6.45) is 1.61. The summed E-state index contributed by atoms with van der Waals surface area (Å²) in [5.74, 6) is 1.49. The standard InChI is InChI=1S/C11H12Br2N2O2/c12-9-3-7(4-10(13)11(9)14)17-6-8-5-15-1-2-16-8/h3-4,6,15H,1-2,5,14H2/b8-6-. The first-order valence-electron chi connectivity index (χ1n) is 5.10. The van der Waals surface area contributed by atoms with Gasteiger partial charge >= 0.3 is 0 Å². The summed E-state index contributed by atoms with van der Waals surface area (Å²) in [4.78, 5) is 0. The second-order valence-electron chi connectivity index (χ2n) is 3.53. The minimum atomic E-state index is 0.653. The van der Waals surface area contributed by atoms with E-state index in [4.69, 9.17) is 15.2 Å². The van der Waals surface area contributed by atoms with Gasteiger partial charge in [-0.15, -0.1) is 0 Å². The Morgan fingerprint density at radius 2 is 2.06 bits per heavy atom. The highest BCUT2D eigenvalue weighted by Crippen LogP contribution is 2.33. The lowest BCUT2D eigenvalue weighted by Crippen LogP contribution is -2.29. The number of ether oxygens (including phenoxy) is 2. The Balaban J connectivity index is 2.08. The van der Waals surface area contributed by atoms with Crippen molar-refractivity contribution < 1.29 is 9.47 Å². The fourth-order valence-electron chi connectivity index (χ4n) is 1.36. The zero-order chi connectivity index (χ0) is 12.3. The first kappa shape index (κ1) is 12.7. The number of rotatable bonds is 2. The molecule has 1 aliphatic heterocycles. The van der Waals surface area contributed by atoms with Gasteiger partial charge in [-0.1, -0.05) is 0 Å². The molecule has 3 N–H and O–H groups in total. The van der Waals surface area contributed by atoms with Crippen molar-refractivity contribution in [2.75, 3.05) is 25.4 Å². The van der Waals surface area contributed by atoms with E-state index in [1.54, 1.807) is 6.26 Å². The van der Waals surface area contributed by atoms with Crippen LogP contribution < -0.4 is 15.8 Å². The maximum Gasteiger partial charge on any atom is 0.145 e. The molecule has 1 aromatic rings.